The normalized spacial score (nSPS) is 10.1. The maximum Gasteiger partial charge on any atom is 0.119 e. The fourth-order valence-electron chi connectivity index (χ4n) is 1.41. The maximum atomic E-state index is 5.70. The highest BCUT2D eigenvalue weighted by molar-refractivity contribution is 9.10. The summed E-state index contributed by atoms with van der Waals surface area (Å²) in [5.74, 6) is 0.904. The lowest BCUT2D eigenvalue weighted by Gasteiger charge is -2.07. The van der Waals surface area contributed by atoms with Gasteiger partial charge in [-0.15, -0.1) is 0 Å². The Balaban J connectivity index is 2.02. The van der Waals surface area contributed by atoms with Crippen LogP contribution in [0.3, 0.4) is 0 Å². The van der Waals surface area contributed by atoms with E-state index < -0.39 is 0 Å². The highest BCUT2D eigenvalue weighted by Crippen LogP contribution is 2.19. The lowest BCUT2D eigenvalue weighted by atomic mass is 10.2. The standard InChI is InChI=1S/C14H13BrO/c1-11-6-8-13(9-7-11)16-10-12-4-2-3-5-14(12)15/h2-9H,10H2,1H3. The molecule has 0 radical (unpaired) electrons. The summed E-state index contributed by atoms with van der Waals surface area (Å²) >= 11 is 3.50. The van der Waals surface area contributed by atoms with Crippen LogP contribution in [0.25, 0.3) is 0 Å². The molecule has 0 N–H and O–H groups in total. The third-order valence-electron chi connectivity index (χ3n) is 2.37. The summed E-state index contributed by atoms with van der Waals surface area (Å²) in [4.78, 5) is 0. The van der Waals surface area contributed by atoms with Gasteiger partial charge in [-0.1, -0.05) is 51.8 Å². The Labute approximate surface area is 104 Å². The summed E-state index contributed by atoms with van der Waals surface area (Å²) in [5, 5.41) is 0. The van der Waals surface area contributed by atoms with E-state index >= 15 is 0 Å². The van der Waals surface area contributed by atoms with Gasteiger partial charge in [-0.25, -0.2) is 0 Å². The Hall–Kier alpha value is -1.28. The fourth-order valence-corrected chi connectivity index (χ4v) is 1.81. The Morgan fingerprint density at radius 3 is 2.38 bits per heavy atom. The minimum absolute atomic E-state index is 0.588. The maximum absolute atomic E-state index is 5.70. The third-order valence-corrected chi connectivity index (χ3v) is 3.15. The first kappa shape index (κ1) is 11.2. The van der Waals surface area contributed by atoms with Gasteiger partial charge in [0.2, 0.25) is 0 Å². The number of benzene rings is 2. The van der Waals surface area contributed by atoms with Crippen molar-refractivity contribution < 1.29 is 4.74 Å². The van der Waals surface area contributed by atoms with Crippen LogP contribution in [0, 0.1) is 6.92 Å². The molecule has 16 heavy (non-hydrogen) atoms. The number of aryl methyl sites for hydroxylation is 1. The first-order valence-electron chi connectivity index (χ1n) is 5.18. The van der Waals surface area contributed by atoms with E-state index in [1.54, 1.807) is 0 Å². The molecule has 2 aromatic rings. The molecule has 0 amide bonds. The SMILES string of the molecule is Cc1ccc(OCc2ccccc2Br)cc1. The molecule has 0 aromatic heterocycles. The molecule has 0 aliphatic heterocycles. The molecule has 0 bridgehead atoms. The van der Waals surface area contributed by atoms with Crippen LogP contribution in [0.4, 0.5) is 0 Å². The smallest absolute Gasteiger partial charge is 0.119 e. The lowest BCUT2D eigenvalue weighted by molar-refractivity contribution is 0.305. The first-order valence-corrected chi connectivity index (χ1v) is 5.98. The Bertz CT molecular complexity index is 462. The average molecular weight is 277 g/mol. The van der Waals surface area contributed by atoms with Crippen LogP contribution < -0.4 is 4.74 Å². The summed E-state index contributed by atoms with van der Waals surface area (Å²) in [6.45, 7) is 2.65. The molecule has 0 atom stereocenters. The van der Waals surface area contributed by atoms with E-state index in [1.807, 2.05) is 30.3 Å². The van der Waals surface area contributed by atoms with Crippen molar-refractivity contribution in [2.24, 2.45) is 0 Å². The topological polar surface area (TPSA) is 9.23 Å². The first-order chi connectivity index (χ1) is 7.75. The number of hydrogen-bond acceptors (Lipinski definition) is 1. The number of hydrogen-bond donors (Lipinski definition) is 0. The molecule has 0 aliphatic carbocycles. The monoisotopic (exact) mass is 276 g/mol. The molecule has 2 heteroatoms. The molecule has 0 heterocycles. The average Bonchev–Trinajstić information content (AvgIpc) is 2.30. The minimum atomic E-state index is 0.588. The second-order valence-corrected chi connectivity index (χ2v) is 4.55. The molecule has 2 aromatic carbocycles. The molecule has 0 aliphatic rings. The molecule has 0 saturated heterocycles. The minimum Gasteiger partial charge on any atom is -0.489 e. The van der Waals surface area contributed by atoms with Crippen LogP contribution in [0.1, 0.15) is 11.1 Å². The van der Waals surface area contributed by atoms with Crippen LogP contribution in [0.5, 0.6) is 5.75 Å². The van der Waals surface area contributed by atoms with Crippen molar-refractivity contribution in [2.75, 3.05) is 0 Å². The number of ether oxygens (including phenoxy) is 1. The zero-order valence-electron chi connectivity index (χ0n) is 9.11. The van der Waals surface area contributed by atoms with E-state index in [1.165, 1.54) is 5.56 Å². The van der Waals surface area contributed by atoms with Gasteiger partial charge in [-0.05, 0) is 25.1 Å². The number of halogens is 1. The molecule has 2 rings (SSSR count). The molecular formula is C14H13BrO. The van der Waals surface area contributed by atoms with Gasteiger partial charge in [-0.2, -0.15) is 0 Å². The van der Waals surface area contributed by atoms with E-state index in [2.05, 4.69) is 41.1 Å². The van der Waals surface area contributed by atoms with Gasteiger partial charge in [0.15, 0.2) is 0 Å². The van der Waals surface area contributed by atoms with E-state index in [0.29, 0.717) is 6.61 Å². The summed E-state index contributed by atoms with van der Waals surface area (Å²) in [6.07, 6.45) is 0. The summed E-state index contributed by atoms with van der Waals surface area (Å²) < 4.78 is 6.78. The van der Waals surface area contributed by atoms with Crippen molar-refractivity contribution >= 4 is 15.9 Å². The van der Waals surface area contributed by atoms with Crippen molar-refractivity contribution in [3.63, 3.8) is 0 Å². The Kier molecular flexibility index (Phi) is 3.62. The quantitative estimate of drug-likeness (QED) is 0.811. The molecule has 0 fully saturated rings. The van der Waals surface area contributed by atoms with Crippen LogP contribution in [-0.4, -0.2) is 0 Å². The molecular weight excluding hydrogens is 264 g/mol. The second-order valence-electron chi connectivity index (χ2n) is 3.69. The van der Waals surface area contributed by atoms with Crippen molar-refractivity contribution in [3.8, 4) is 5.75 Å². The van der Waals surface area contributed by atoms with Gasteiger partial charge >= 0.3 is 0 Å². The largest absolute Gasteiger partial charge is 0.489 e. The van der Waals surface area contributed by atoms with Gasteiger partial charge in [0, 0.05) is 10.0 Å². The Morgan fingerprint density at radius 2 is 1.69 bits per heavy atom. The predicted octanol–water partition coefficient (Wildman–Crippen LogP) is 4.34. The van der Waals surface area contributed by atoms with Gasteiger partial charge in [-0.3, -0.25) is 0 Å². The predicted molar refractivity (Wildman–Crippen MR) is 69.7 cm³/mol. The molecule has 0 unspecified atom stereocenters. The van der Waals surface area contributed by atoms with Crippen LogP contribution in [0.15, 0.2) is 53.0 Å². The van der Waals surface area contributed by atoms with Gasteiger partial charge < -0.3 is 4.74 Å². The van der Waals surface area contributed by atoms with E-state index in [0.717, 1.165) is 15.8 Å². The zero-order chi connectivity index (χ0) is 11.4. The third kappa shape index (κ3) is 2.86. The summed E-state index contributed by atoms with van der Waals surface area (Å²) in [5.41, 5.74) is 2.40. The van der Waals surface area contributed by atoms with Crippen LogP contribution in [0.2, 0.25) is 0 Å². The highest BCUT2D eigenvalue weighted by atomic mass is 79.9. The number of rotatable bonds is 3. The fraction of sp³-hybridized carbons (Fsp3) is 0.143. The van der Waals surface area contributed by atoms with Crippen LogP contribution in [-0.2, 0) is 6.61 Å². The van der Waals surface area contributed by atoms with E-state index in [4.69, 9.17) is 4.74 Å². The second kappa shape index (κ2) is 5.17. The van der Waals surface area contributed by atoms with E-state index in [-0.39, 0.29) is 0 Å². The summed E-state index contributed by atoms with van der Waals surface area (Å²) in [6, 6.07) is 16.2. The molecule has 0 spiro atoms. The lowest BCUT2D eigenvalue weighted by Crippen LogP contribution is -1.95. The van der Waals surface area contributed by atoms with Gasteiger partial charge in [0.05, 0.1) is 0 Å². The summed E-state index contributed by atoms with van der Waals surface area (Å²) in [7, 11) is 0. The highest BCUT2D eigenvalue weighted by Gasteiger charge is 1.99. The van der Waals surface area contributed by atoms with Crippen molar-refractivity contribution in [2.45, 2.75) is 13.5 Å². The molecule has 0 saturated carbocycles. The molecule has 82 valence electrons. The van der Waals surface area contributed by atoms with Gasteiger partial charge in [0.1, 0.15) is 12.4 Å². The Morgan fingerprint density at radius 1 is 1.00 bits per heavy atom. The zero-order valence-corrected chi connectivity index (χ0v) is 10.7. The molecule has 1 nitrogen and oxygen atoms in total. The van der Waals surface area contributed by atoms with Crippen molar-refractivity contribution in [1.29, 1.82) is 0 Å². The van der Waals surface area contributed by atoms with E-state index in [9.17, 15) is 0 Å². The van der Waals surface area contributed by atoms with Crippen molar-refractivity contribution in [1.82, 2.24) is 0 Å². The van der Waals surface area contributed by atoms with Crippen molar-refractivity contribution in [3.05, 3.63) is 64.1 Å². The van der Waals surface area contributed by atoms with Gasteiger partial charge in [0.25, 0.3) is 0 Å². The van der Waals surface area contributed by atoms with Crippen LogP contribution >= 0.6 is 15.9 Å².